The van der Waals surface area contributed by atoms with E-state index in [1.807, 2.05) is 0 Å². The summed E-state index contributed by atoms with van der Waals surface area (Å²) >= 11 is 0. The number of hydrogen-bond donors (Lipinski definition) is 1. The first kappa shape index (κ1) is 18.8. The molecule has 6 nitrogen and oxygen atoms in total. The highest BCUT2D eigenvalue weighted by molar-refractivity contribution is 5.89. The summed E-state index contributed by atoms with van der Waals surface area (Å²) in [5.74, 6) is -0.946. The van der Waals surface area contributed by atoms with Crippen molar-refractivity contribution >= 4 is 17.9 Å². The molecular weight excluding hydrogens is 303 g/mol. The van der Waals surface area contributed by atoms with E-state index in [2.05, 4.69) is 5.48 Å². The van der Waals surface area contributed by atoms with Gasteiger partial charge in [0.05, 0.1) is 25.0 Å². The van der Waals surface area contributed by atoms with Crippen molar-refractivity contribution in [3.8, 4) is 0 Å². The van der Waals surface area contributed by atoms with Crippen LogP contribution in [0.1, 0.15) is 24.2 Å². The molecule has 0 aromatic heterocycles. The van der Waals surface area contributed by atoms with Crippen LogP contribution in [-0.2, 0) is 14.4 Å². The molecular formula is C16H21FN2O4. The van der Waals surface area contributed by atoms with Gasteiger partial charge in [0.15, 0.2) is 6.29 Å². The molecule has 1 aromatic rings. The summed E-state index contributed by atoms with van der Waals surface area (Å²) < 4.78 is 18.5. The lowest BCUT2D eigenvalue weighted by Gasteiger charge is -2.23. The Labute approximate surface area is 134 Å². The molecule has 0 saturated carbocycles. The summed E-state index contributed by atoms with van der Waals surface area (Å²) in [6, 6.07) is 3.84. The second-order valence-electron chi connectivity index (χ2n) is 4.65. The molecule has 7 heteroatoms. The summed E-state index contributed by atoms with van der Waals surface area (Å²) in [7, 11) is 1.48. The molecule has 0 aliphatic rings. The van der Waals surface area contributed by atoms with E-state index in [4.69, 9.17) is 9.57 Å². The normalized spacial score (nSPS) is 11.2. The third-order valence-corrected chi connectivity index (χ3v) is 2.97. The molecule has 23 heavy (non-hydrogen) atoms. The number of hydroxylamine groups is 1. The lowest BCUT2D eigenvalue weighted by atomic mass is 10.1. The number of esters is 1. The Hall–Kier alpha value is -2.25. The van der Waals surface area contributed by atoms with Gasteiger partial charge < -0.3 is 14.5 Å². The van der Waals surface area contributed by atoms with Crippen LogP contribution in [0.5, 0.6) is 0 Å². The molecule has 1 rings (SSSR count). The number of hydrogen-bond acceptors (Lipinski definition) is 6. The number of benzene rings is 1. The molecule has 0 unspecified atom stereocenters. The first-order valence-electron chi connectivity index (χ1n) is 7.16. The molecule has 0 saturated heterocycles. The maximum Gasteiger partial charge on any atom is 0.335 e. The number of nitrogens with one attached hydrogen (secondary N) is 1. The monoisotopic (exact) mass is 324 g/mol. The molecule has 0 bridgehead atoms. The van der Waals surface area contributed by atoms with Gasteiger partial charge in [-0.1, -0.05) is 0 Å². The van der Waals surface area contributed by atoms with Crippen LogP contribution in [0.25, 0.3) is 0 Å². The van der Waals surface area contributed by atoms with Crippen molar-refractivity contribution < 1.29 is 23.6 Å². The Bertz CT molecular complexity index is 575. The second kappa shape index (κ2) is 9.70. The molecule has 0 amide bonds. The zero-order chi connectivity index (χ0) is 17.2. The molecule has 1 aromatic carbocycles. The number of nitrogens with zero attached hydrogens (tertiary/aromatic N) is 1. The van der Waals surface area contributed by atoms with Gasteiger partial charge in [-0.3, -0.25) is 4.79 Å². The van der Waals surface area contributed by atoms with Crippen LogP contribution in [0.4, 0.5) is 10.1 Å². The standard InChI is InChI=1S/C16H21FN2O4/c1-4-23-16(21)12(2)10-19(8-7-18-22-3)15-9-14(17)6-5-13(15)11-20/h5-6,9-11,18H,4,7-8H2,1-3H3/b12-10+. The van der Waals surface area contributed by atoms with Gasteiger partial charge in [0, 0.05) is 24.9 Å². The summed E-state index contributed by atoms with van der Waals surface area (Å²) in [6.07, 6.45) is 2.16. The van der Waals surface area contributed by atoms with Crippen LogP contribution in [0, 0.1) is 5.82 Å². The van der Waals surface area contributed by atoms with Gasteiger partial charge in [-0.2, -0.15) is 0 Å². The first-order chi connectivity index (χ1) is 11.0. The lowest BCUT2D eigenvalue weighted by Crippen LogP contribution is -2.29. The highest BCUT2D eigenvalue weighted by Gasteiger charge is 2.13. The van der Waals surface area contributed by atoms with Crippen molar-refractivity contribution in [3.05, 3.63) is 41.4 Å². The van der Waals surface area contributed by atoms with Gasteiger partial charge in [-0.15, -0.1) is 0 Å². The Balaban J connectivity index is 3.14. The minimum atomic E-state index is -0.475. The fourth-order valence-electron chi connectivity index (χ4n) is 1.92. The minimum absolute atomic E-state index is 0.259. The molecule has 0 aliphatic carbocycles. The minimum Gasteiger partial charge on any atom is -0.463 e. The van der Waals surface area contributed by atoms with Crippen molar-refractivity contribution in [2.45, 2.75) is 13.8 Å². The van der Waals surface area contributed by atoms with E-state index in [1.165, 1.54) is 31.5 Å². The van der Waals surface area contributed by atoms with E-state index in [1.54, 1.807) is 18.7 Å². The molecule has 0 aliphatic heterocycles. The smallest absolute Gasteiger partial charge is 0.335 e. The average Bonchev–Trinajstić information content (AvgIpc) is 2.54. The summed E-state index contributed by atoms with van der Waals surface area (Å²) in [4.78, 5) is 29.3. The van der Waals surface area contributed by atoms with Crippen molar-refractivity contribution in [1.29, 1.82) is 0 Å². The molecule has 0 spiro atoms. The Morgan fingerprint density at radius 3 is 2.78 bits per heavy atom. The lowest BCUT2D eigenvalue weighted by molar-refractivity contribution is -0.138. The topological polar surface area (TPSA) is 67.9 Å². The molecule has 1 N–H and O–H groups in total. The Kier molecular flexibility index (Phi) is 7.93. The van der Waals surface area contributed by atoms with Crippen LogP contribution in [0.2, 0.25) is 0 Å². The average molecular weight is 324 g/mol. The fourth-order valence-corrected chi connectivity index (χ4v) is 1.92. The Morgan fingerprint density at radius 1 is 1.43 bits per heavy atom. The van der Waals surface area contributed by atoms with Crippen molar-refractivity contribution in [3.63, 3.8) is 0 Å². The summed E-state index contributed by atoms with van der Waals surface area (Å²) in [6.45, 7) is 4.32. The number of ether oxygens (including phenoxy) is 1. The summed E-state index contributed by atoms with van der Waals surface area (Å²) in [5, 5.41) is 0. The van der Waals surface area contributed by atoms with Gasteiger partial charge in [0.1, 0.15) is 5.82 Å². The van der Waals surface area contributed by atoms with Crippen LogP contribution in [0.15, 0.2) is 30.0 Å². The Morgan fingerprint density at radius 2 is 2.17 bits per heavy atom. The molecule has 0 fully saturated rings. The van der Waals surface area contributed by atoms with E-state index < -0.39 is 11.8 Å². The van der Waals surface area contributed by atoms with E-state index in [0.717, 1.165) is 0 Å². The number of carbonyl (C=O) groups excluding carboxylic acids is 2. The van der Waals surface area contributed by atoms with Gasteiger partial charge in [0.2, 0.25) is 0 Å². The fraction of sp³-hybridized carbons (Fsp3) is 0.375. The second-order valence-corrected chi connectivity index (χ2v) is 4.65. The van der Waals surface area contributed by atoms with Crippen molar-refractivity contribution in [2.24, 2.45) is 0 Å². The number of halogens is 1. The maximum absolute atomic E-state index is 13.6. The summed E-state index contributed by atoms with van der Waals surface area (Å²) in [5.41, 5.74) is 3.68. The molecule has 0 radical (unpaired) electrons. The molecule has 0 heterocycles. The number of anilines is 1. The zero-order valence-corrected chi connectivity index (χ0v) is 13.5. The predicted octanol–water partition coefficient (Wildman–Crippen LogP) is 2.06. The van der Waals surface area contributed by atoms with Crippen LogP contribution < -0.4 is 10.4 Å². The van der Waals surface area contributed by atoms with Crippen LogP contribution in [0.3, 0.4) is 0 Å². The number of rotatable bonds is 9. The van der Waals surface area contributed by atoms with Gasteiger partial charge in [-0.25, -0.2) is 14.7 Å². The maximum atomic E-state index is 13.6. The highest BCUT2D eigenvalue weighted by atomic mass is 19.1. The third-order valence-electron chi connectivity index (χ3n) is 2.97. The van der Waals surface area contributed by atoms with E-state index >= 15 is 0 Å². The largest absolute Gasteiger partial charge is 0.463 e. The van der Waals surface area contributed by atoms with E-state index in [0.29, 0.717) is 36.2 Å². The zero-order valence-electron chi connectivity index (χ0n) is 13.5. The van der Waals surface area contributed by atoms with E-state index in [-0.39, 0.29) is 6.61 Å². The number of carbonyl (C=O) groups is 2. The number of aldehydes is 1. The molecule has 126 valence electrons. The molecule has 0 atom stereocenters. The van der Waals surface area contributed by atoms with E-state index in [9.17, 15) is 14.0 Å². The first-order valence-corrected chi connectivity index (χ1v) is 7.16. The highest BCUT2D eigenvalue weighted by Crippen LogP contribution is 2.22. The van der Waals surface area contributed by atoms with Gasteiger partial charge >= 0.3 is 5.97 Å². The quantitative estimate of drug-likeness (QED) is 0.247. The van der Waals surface area contributed by atoms with Crippen LogP contribution in [-0.4, -0.2) is 39.1 Å². The third kappa shape index (κ3) is 5.80. The van der Waals surface area contributed by atoms with Crippen LogP contribution >= 0.6 is 0 Å². The van der Waals surface area contributed by atoms with Gasteiger partial charge in [-0.05, 0) is 32.0 Å². The van der Waals surface area contributed by atoms with Crippen molar-refractivity contribution in [2.75, 3.05) is 31.7 Å². The van der Waals surface area contributed by atoms with Gasteiger partial charge in [0.25, 0.3) is 0 Å². The SMILES string of the molecule is CCOC(=O)/C(C)=C/N(CCNOC)c1cc(F)ccc1C=O. The predicted molar refractivity (Wildman–Crippen MR) is 84.5 cm³/mol. The van der Waals surface area contributed by atoms with Crippen molar-refractivity contribution in [1.82, 2.24) is 5.48 Å².